The van der Waals surface area contributed by atoms with E-state index in [1.807, 2.05) is 0 Å². The third-order valence-corrected chi connectivity index (χ3v) is 2.54. The summed E-state index contributed by atoms with van der Waals surface area (Å²) < 4.78 is 4.94. The van der Waals surface area contributed by atoms with Crippen LogP contribution in [-0.2, 0) is 9.53 Å². The second-order valence-electron chi connectivity index (χ2n) is 3.68. The van der Waals surface area contributed by atoms with Crippen LogP contribution < -0.4 is 0 Å². The maximum absolute atomic E-state index is 11.2. The van der Waals surface area contributed by atoms with Crippen molar-refractivity contribution in [2.24, 2.45) is 5.92 Å². The molecule has 0 N–H and O–H groups in total. The molecule has 0 unspecified atom stereocenters. The van der Waals surface area contributed by atoms with Crippen molar-refractivity contribution < 1.29 is 9.53 Å². The first-order valence-corrected chi connectivity index (χ1v) is 5.09. The molecule has 1 rings (SSSR count). The van der Waals surface area contributed by atoms with E-state index in [9.17, 15) is 4.79 Å². The normalized spacial score (nSPS) is 18.2. The molecule has 74 valence electrons. The molecule has 1 aliphatic carbocycles. The zero-order chi connectivity index (χ0) is 9.52. The van der Waals surface area contributed by atoms with E-state index in [1.54, 1.807) is 6.08 Å². The molecule has 13 heavy (non-hydrogen) atoms. The van der Waals surface area contributed by atoms with Gasteiger partial charge in [-0.2, -0.15) is 0 Å². The second kappa shape index (κ2) is 5.79. The molecule has 0 saturated heterocycles. The van der Waals surface area contributed by atoms with Gasteiger partial charge in [-0.15, -0.1) is 0 Å². The van der Waals surface area contributed by atoms with Crippen LogP contribution in [0, 0.1) is 5.92 Å². The summed E-state index contributed by atoms with van der Waals surface area (Å²) in [5, 5.41) is 0. The fraction of sp³-hybridized carbons (Fsp3) is 0.727. The highest BCUT2D eigenvalue weighted by molar-refractivity contribution is 5.69. The van der Waals surface area contributed by atoms with Crippen LogP contribution >= 0.6 is 0 Å². The van der Waals surface area contributed by atoms with Crippen LogP contribution in [-0.4, -0.2) is 12.6 Å². The molecule has 0 heterocycles. The molecule has 0 aliphatic heterocycles. The van der Waals surface area contributed by atoms with Crippen LogP contribution in [0.1, 0.15) is 38.5 Å². The number of hydrogen-bond acceptors (Lipinski definition) is 2. The van der Waals surface area contributed by atoms with Crippen LogP contribution in [0.4, 0.5) is 0 Å². The first kappa shape index (κ1) is 10.3. The smallest absolute Gasteiger partial charge is 0.306 e. The van der Waals surface area contributed by atoms with E-state index in [2.05, 4.69) is 6.58 Å². The first-order valence-electron chi connectivity index (χ1n) is 5.09. The van der Waals surface area contributed by atoms with Crippen LogP contribution in [0.3, 0.4) is 0 Å². The topological polar surface area (TPSA) is 26.3 Å². The highest BCUT2D eigenvalue weighted by Gasteiger charge is 2.17. The Morgan fingerprint density at radius 1 is 1.38 bits per heavy atom. The Kier molecular flexibility index (Phi) is 4.58. The van der Waals surface area contributed by atoms with Gasteiger partial charge in [-0.1, -0.05) is 31.9 Å². The van der Waals surface area contributed by atoms with E-state index in [-0.39, 0.29) is 5.97 Å². The highest BCUT2D eigenvalue weighted by atomic mass is 16.5. The van der Waals surface area contributed by atoms with Crippen LogP contribution in [0.5, 0.6) is 0 Å². The van der Waals surface area contributed by atoms with Gasteiger partial charge >= 0.3 is 5.97 Å². The van der Waals surface area contributed by atoms with Crippen molar-refractivity contribution >= 4 is 5.97 Å². The molecular weight excluding hydrogens is 164 g/mol. The van der Waals surface area contributed by atoms with Gasteiger partial charge in [0.05, 0.1) is 0 Å². The maximum Gasteiger partial charge on any atom is 0.306 e. The Morgan fingerprint density at radius 2 is 2.08 bits per heavy atom. The zero-order valence-electron chi connectivity index (χ0n) is 8.13. The van der Waals surface area contributed by atoms with Crippen molar-refractivity contribution in [1.82, 2.24) is 0 Å². The molecule has 0 amide bonds. The number of ether oxygens (including phenoxy) is 1. The van der Waals surface area contributed by atoms with Crippen LogP contribution in [0.2, 0.25) is 0 Å². The minimum absolute atomic E-state index is 0.0631. The molecule has 1 aliphatic rings. The molecule has 0 atom stereocenters. The average molecular weight is 182 g/mol. The van der Waals surface area contributed by atoms with Crippen molar-refractivity contribution in [2.45, 2.75) is 38.5 Å². The summed E-state index contributed by atoms with van der Waals surface area (Å²) in [5.41, 5.74) is 0. The molecule has 2 heteroatoms. The third-order valence-electron chi connectivity index (χ3n) is 2.54. The standard InChI is InChI=1S/C11H18O2/c1-2-8-13-11(12)9-10-6-4-3-5-7-10/h2,10H,1,3-9H2. The van der Waals surface area contributed by atoms with Gasteiger partial charge < -0.3 is 4.74 Å². The molecule has 0 spiro atoms. The Bertz CT molecular complexity index is 169. The van der Waals surface area contributed by atoms with E-state index in [4.69, 9.17) is 4.74 Å². The Hall–Kier alpha value is -0.790. The average Bonchev–Trinajstić information content (AvgIpc) is 2.16. The quantitative estimate of drug-likeness (QED) is 0.493. The molecule has 1 fully saturated rings. The molecule has 0 aromatic rings. The molecule has 2 nitrogen and oxygen atoms in total. The summed E-state index contributed by atoms with van der Waals surface area (Å²) in [6.07, 6.45) is 8.50. The van der Waals surface area contributed by atoms with Gasteiger partial charge in [-0.3, -0.25) is 4.79 Å². The minimum Gasteiger partial charge on any atom is -0.461 e. The van der Waals surface area contributed by atoms with Gasteiger partial charge in [0.25, 0.3) is 0 Å². The lowest BCUT2D eigenvalue weighted by molar-refractivity contribution is -0.143. The van der Waals surface area contributed by atoms with Crippen molar-refractivity contribution in [2.75, 3.05) is 6.61 Å². The zero-order valence-corrected chi connectivity index (χ0v) is 8.13. The van der Waals surface area contributed by atoms with Gasteiger partial charge in [0.1, 0.15) is 6.61 Å². The molecule has 0 bridgehead atoms. The summed E-state index contributed by atoms with van der Waals surface area (Å²) in [6.45, 7) is 3.85. The van der Waals surface area contributed by atoms with Crippen LogP contribution in [0.15, 0.2) is 12.7 Å². The fourth-order valence-electron chi connectivity index (χ4n) is 1.84. The largest absolute Gasteiger partial charge is 0.461 e. The van der Waals surface area contributed by atoms with Gasteiger partial charge in [0.15, 0.2) is 0 Å². The summed E-state index contributed by atoms with van der Waals surface area (Å²) in [7, 11) is 0. The van der Waals surface area contributed by atoms with Gasteiger partial charge in [-0.25, -0.2) is 0 Å². The molecule has 0 radical (unpaired) electrons. The number of rotatable bonds is 4. The lowest BCUT2D eigenvalue weighted by Gasteiger charge is -2.20. The summed E-state index contributed by atoms with van der Waals surface area (Å²) in [6, 6.07) is 0. The molecule has 0 aromatic carbocycles. The molecule has 0 aromatic heterocycles. The van der Waals surface area contributed by atoms with Crippen molar-refractivity contribution in [3.05, 3.63) is 12.7 Å². The summed E-state index contributed by atoms with van der Waals surface area (Å²) >= 11 is 0. The molecular formula is C11H18O2. The Morgan fingerprint density at radius 3 is 2.69 bits per heavy atom. The fourth-order valence-corrected chi connectivity index (χ4v) is 1.84. The summed E-state index contributed by atoms with van der Waals surface area (Å²) in [5.74, 6) is 0.512. The van der Waals surface area contributed by atoms with Crippen molar-refractivity contribution in [1.29, 1.82) is 0 Å². The predicted molar refractivity (Wildman–Crippen MR) is 52.3 cm³/mol. The lowest BCUT2D eigenvalue weighted by atomic mass is 9.87. The Labute approximate surface area is 80.0 Å². The van der Waals surface area contributed by atoms with Gasteiger partial charge in [0, 0.05) is 6.42 Å². The van der Waals surface area contributed by atoms with Crippen molar-refractivity contribution in [3.8, 4) is 0 Å². The first-order chi connectivity index (χ1) is 6.33. The number of esters is 1. The van der Waals surface area contributed by atoms with Crippen LogP contribution in [0.25, 0.3) is 0 Å². The monoisotopic (exact) mass is 182 g/mol. The number of carbonyl (C=O) groups is 1. The number of hydrogen-bond donors (Lipinski definition) is 0. The second-order valence-corrected chi connectivity index (χ2v) is 3.68. The van der Waals surface area contributed by atoms with E-state index in [1.165, 1.54) is 32.1 Å². The van der Waals surface area contributed by atoms with E-state index in [0.29, 0.717) is 18.9 Å². The van der Waals surface area contributed by atoms with Gasteiger partial charge in [0.2, 0.25) is 0 Å². The Balaban J connectivity index is 2.14. The predicted octanol–water partition coefficient (Wildman–Crippen LogP) is 2.69. The third kappa shape index (κ3) is 4.11. The van der Waals surface area contributed by atoms with E-state index in [0.717, 1.165) is 0 Å². The molecule has 1 saturated carbocycles. The number of carbonyl (C=O) groups excluding carboxylic acids is 1. The SMILES string of the molecule is C=CCOC(=O)CC1CCCCC1. The highest BCUT2D eigenvalue weighted by Crippen LogP contribution is 2.26. The lowest BCUT2D eigenvalue weighted by Crippen LogP contribution is -2.14. The van der Waals surface area contributed by atoms with Crippen molar-refractivity contribution in [3.63, 3.8) is 0 Å². The van der Waals surface area contributed by atoms with Gasteiger partial charge in [-0.05, 0) is 18.8 Å². The van der Waals surface area contributed by atoms with E-state index < -0.39 is 0 Å². The minimum atomic E-state index is -0.0631. The van der Waals surface area contributed by atoms with E-state index >= 15 is 0 Å². The maximum atomic E-state index is 11.2. The summed E-state index contributed by atoms with van der Waals surface area (Å²) in [4.78, 5) is 11.2.